The van der Waals surface area contributed by atoms with Crippen LogP contribution < -0.4 is 10.6 Å². The van der Waals surface area contributed by atoms with E-state index in [2.05, 4.69) is 49.8 Å². The van der Waals surface area contributed by atoms with Gasteiger partial charge in [-0.2, -0.15) is 4.98 Å². The maximum atomic E-state index is 4.46. The average Bonchev–Trinajstić information content (AvgIpc) is 2.53. The molecule has 2 rings (SSSR count). The number of benzene rings is 1. The molecule has 0 bridgehead atoms. The van der Waals surface area contributed by atoms with Gasteiger partial charge in [0.1, 0.15) is 5.82 Å². The first-order chi connectivity index (χ1) is 10.7. The van der Waals surface area contributed by atoms with Crippen molar-refractivity contribution in [3.05, 3.63) is 48.2 Å². The number of likely N-dealkylation sites (N-methyl/N-ethyl adjacent to an activating group) is 1. The Balaban J connectivity index is 1.71. The summed E-state index contributed by atoms with van der Waals surface area (Å²) in [5.41, 5.74) is 1.37. The van der Waals surface area contributed by atoms with Crippen LogP contribution in [0.15, 0.2) is 42.6 Å². The first-order valence-corrected chi connectivity index (χ1v) is 7.73. The zero-order chi connectivity index (χ0) is 15.6. The van der Waals surface area contributed by atoms with Crippen LogP contribution >= 0.6 is 0 Å². The summed E-state index contributed by atoms with van der Waals surface area (Å²) in [5.74, 6) is 1.55. The van der Waals surface area contributed by atoms with Gasteiger partial charge >= 0.3 is 0 Å². The second-order valence-corrected chi connectivity index (χ2v) is 5.51. The van der Waals surface area contributed by atoms with E-state index in [1.165, 1.54) is 5.56 Å². The Hall–Kier alpha value is -2.14. The number of nitrogens with zero attached hydrogens (tertiary/aromatic N) is 3. The summed E-state index contributed by atoms with van der Waals surface area (Å²) in [4.78, 5) is 10.8. The van der Waals surface area contributed by atoms with Crippen molar-refractivity contribution < 1.29 is 0 Å². The topological polar surface area (TPSA) is 53.1 Å². The van der Waals surface area contributed by atoms with Crippen molar-refractivity contribution in [2.75, 3.05) is 44.4 Å². The fourth-order valence-corrected chi connectivity index (χ4v) is 2.09. The van der Waals surface area contributed by atoms with E-state index in [9.17, 15) is 0 Å². The highest BCUT2D eigenvalue weighted by Crippen LogP contribution is 2.07. The highest BCUT2D eigenvalue weighted by Gasteiger charge is 1.99. The van der Waals surface area contributed by atoms with E-state index in [-0.39, 0.29) is 0 Å². The Morgan fingerprint density at radius 1 is 1.00 bits per heavy atom. The molecule has 0 spiro atoms. The molecule has 0 fully saturated rings. The van der Waals surface area contributed by atoms with E-state index >= 15 is 0 Å². The number of aromatic nitrogens is 2. The van der Waals surface area contributed by atoms with Crippen LogP contribution in [0.2, 0.25) is 0 Å². The summed E-state index contributed by atoms with van der Waals surface area (Å²) in [6.07, 6.45) is 3.94. The van der Waals surface area contributed by atoms with Crippen molar-refractivity contribution >= 4 is 11.8 Å². The minimum absolute atomic E-state index is 0.676. The summed E-state index contributed by atoms with van der Waals surface area (Å²) in [6, 6.07) is 12.4. The lowest BCUT2D eigenvalue weighted by Crippen LogP contribution is -2.21. The Morgan fingerprint density at radius 2 is 1.82 bits per heavy atom. The second-order valence-electron chi connectivity index (χ2n) is 5.51. The molecule has 0 aliphatic carbocycles. The highest BCUT2D eigenvalue weighted by molar-refractivity contribution is 5.39. The monoisotopic (exact) mass is 299 g/mol. The molecule has 1 aromatic carbocycles. The molecule has 0 atom stereocenters. The highest BCUT2D eigenvalue weighted by atomic mass is 15.2. The number of hydrogen-bond acceptors (Lipinski definition) is 5. The molecule has 0 unspecified atom stereocenters. The first kappa shape index (κ1) is 16.2. The van der Waals surface area contributed by atoms with Crippen molar-refractivity contribution in [3.63, 3.8) is 0 Å². The van der Waals surface area contributed by atoms with Gasteiger partial charge in [0.05, 0.1) is 0 Å². The number of rotatable bonds is 9. The van der Waals surface area contributed by atoms with Crippen LogP contribution in [-0.2, 0) is 6.42 Å². The molecule has 2 N–H and O–H groups in total. The lowest BCUT2D eigenvalue weighted by Gasteiger charge is -2.11. The number of hydrogen-bond donors (Lipinski definition) is 2. The molecule has 1 aromatic heterocycles. The van der Waals surface area contributed by atoms with Crippen LogP contribution in [0.25, 0.3) is 0 Å². The van der Waals surface area contributed by atoms with E-state index in [0.717, 1.165) is 38.3 Å². The van der Waals surface area contributed by atoms with Crippen LogP contribution in [0.4, 0.5) is 11.8 Å². The average molecular weight is 299 g/mol. The molecule has 1 heterocycles. The van der Waals surface area contributed by atoms with Gasteiger partial charge in [0.25, 0.3) is 0 Å². The lowest BCUT2D eigenvalue weighted by molar-refractivity contribution is 0.425. The predicted octanol–water partition coefficient (Wildman–Crippen LogP) is 2.49. The number of nitrogens with one attached hydrogen (secondary N) is 2. The largest absolute Gasteiger partial charge is 0.370 e. The molecule has 0 radical (unpaired) electrons. The van der Waals surface area contributed by atoms with Gasteiger partial charge in [-0.25, -0.2) is 4.98 Å². The molecule has 0 amide bonds. The van der Waals surface area contributed by atoms with Gasteiger partial charge in [0.2, 0.25) is 5.95 Å². The van der Waals surface area contributed by atoms with E-state index in [4.69, 9.17) is 0 Å². The molecule has 118 valence electrons. The molecule has 0 aliphatic rings. The second kappa shape index (κ2) is 9.00. The minimum Gasteiger partial charge on any atom is -0.370 e. The molecule has 0 aliphatic heterocycles. The molecule has 0 saturated carbocycles. The van der Waals surface area contributed by atoms with Gasteiger partial charge in [0, 0.05) is 25.8 Å². The maximum absolute atomic E-state index is 4.46. The number of anilines is 2. The third kappa shape index (κ3) is 6.10. The van der Waals surface area contributed by atoms with Crippen LogP contribution in [0.5, 0.6) is 0 Å². The standard InChI is InChI=1S/C17H25N5/c1-22(2)14-13-20-17-19-12-10-16(21-17)18-11-6-9-15-7-4-3-5-8-15/h3-5,7-8,10,12H,6,9,11,13-14H2,1-2H3,(H2,18,19,20,21). The molecule has 0 saturated heterocycles. The van der Waals surface area contributed by atoms with Crippen molar-refractivity contribution in [2.45, 2.75) is 12.8 Å². The molecule has 5 nitrogen and oxygen atoms in total. The Bertz CT molecular complexity index is 542. The Kier molecular flexibility index (Phi) is 6.64. The van der Waals surface area contributed by atoms with E-state index in [1.54, 1.807) is 6.20 Å². The fourth-order valence-electron chi connectivity index (χ4n) is 2.09. The van der Waals surface area contributed by atoms with Crippen molar-refractivity contribution in [2.24, 2.45) is 0 Å². The normalized spacial score (nSPS) is 10.7. The summed E-state index contributed by atoms with van der Waals surface area (Å²) < 4.78 is 0. The molecule has 5 heteroatoms. The smallest absolute Gasteiger partial charge is 0.224 e. The minimum atomic E-state index is 0.676. The molecule has 2 aromatic rings. The third-order valence-electron chi connectivity index (χ3n) is 3.29. The zero-order valence-electron chi connectivity index (χ0n) is 13.4. The van der Waals surface area contributed by atoms with Crippen LogP contribution in [0.1, 0.15) is 12.0 Å². The molecular formula is C17H25N5. The predicted molar refractivity (Wildman–Crippen MR) is 92.3 cm³/mol. The summed E-state index contributed by atoms with van der Waals surface area (Å²) >= 11 is 0. The maximum Gasteiger partial charge on any atom is 0.224 e. The van der Waals surface area contributed by atoms with Crippen molar-refractivity contribution in [1.82, 2.24) is 14.9 Å². The molecular weight excluding hydrogens is 274 g/mol. The van der Waals surface area contributed by atoms with Gasteiger partial charge in [0.15, 0.2) is 0 Å². The fraction of sp³-hybridized carbons (Fsp3) is 0.412. The summed E-state index contributed by atoms with van der Waals surface area (Å²) in [6.45, 7) is 2.70. The van der Waals surface area contributed by atoms with Crippen molar-refractivity contribution in [1.29, 1.82) is 0 Å². The van der Waals surface area contributed by atoms with E-state index < -0.39 is 0 Å². The van der Waals surface area contributed by atoms with Gasteiger partial charge in [-0.05, 0) is 38.6 Å². The van der Waals surface area contributed by atoms with E-state index in [0.29, 0.717) is 5.95 Å². The van der Waals surface area contributed by atoms with E-state index in [1.807, 2.05) is 26.2 Å². The van der Waals surface area contributed by atoms with Crippen LogP contribution in [-0.4, -0.2) is 48.6 Å². The van der Waals surface area contributed by atoms with Gasteiger partial charge in [-0.1, -0.05) is 30.3 Å². The quantitative estimate of drug-likeness (QED) is 0.697. The number of aryl methyl sites for hydroxylation is 1. The SMILES string of the molecule is CN(C)CCNc1nccc(NCCCc2ccccc2)n1. The lowest BCUT2D eigenvalue weighted by atomic mass is 10.1. The summed E-state index contributed by atoms with van der Waals surface area (Å²) in [5, 5.41) is 6.58. The van der Waals surface area contributed by atoms with Gasteiger partial charge in [-0.3, -0.25) is 0 Å². The van der Waals surface area contributed by atoms with Gasteiger partial charge in [-0.15, -0.1) is 0 Å². The van der Waals surface area contributed by atoms with Crippen LogP contribution in [0.3, 0.4) is 0 Å². The van der Waals surface area contributed by atoms with Gasteiger partial charge < -0.3 is 15.5 Å². The Morgan fingerprint density at radius 3 is 2.59 bits per heavy atom. The summed E-state index contributed by atoms with van der Waals surface area (Å²) in [7, 11) is 4.10. The first-order valence-electron chi connectivity index (χ1n) is 7.73. The van der Waals surface area contributed by atoms with Crippen LogP contribution in [0, 0.1) is 0 Å². The third-order valence-corrected chi connectivity index (χ3v) is 3.29. The molecule has 22 heavy (non-hydrogen) atoms. The van der Waals surface area contributed by atoms with Crippen molar-refractivity contribution in [3.8, 4) is 0 Å². The zero-order valence-corrected chi connectivity index (χ0v) is 13.4. The Labute approximate surface area is 132 Å².